The number of phenolic OH excluding ortho intramolecular Hbond substituents is 2. The summed E-state index contributed by atoms with van der Waals surface area (Å²) in [6.07, 6.45) is -6.51. The van der Waals surface area contributed by atoms with Crippen molar-refractivity contribution < 1.29 is 49.3 Å². The number of rotatable bonds is 10. The van der Waals surface area contributed by atoms with E-state index in [2.05, 4.69) is 10.6 Å². The van der Waals surface area contributed by atoms with Crippen molar-refractivity contribution in [2.24, 2.45) is 0 Å². The second kappa shape index (κ2) is 12.1. The van der Waals surface area contributed by atoms with Gasteiger partial charge in [0.2, 0.25) is 9.84 Å². The highest BCUT2D eigenvalue weighted by Crippen LogP contribution is 2.31. The number of nitrogens with one attached hydrogen (secondary N) is 2. The highest BCUT2D eigenvalue weighted by Gasteiger charge is 2.21. The maximum absolute atomic E-state index is 13.2. The van der Waals surface area contributed by atoms with Crippen LogP contribution in [0.15, 0.2) is 94.7 Å². The molecule has 4 aromatic carbocycles. The molecule has 4 rings (SSSR count). The quantitative estimate of drug-likeness (QED) is 0.0957. The van der Waals surface area contributed by atoms with Gasteiger partial charge in [0.05, 0.1) is 9.79 Å². The Labute approximate surface area is 234 Å². The second-order valence-electron chi connectivity index (χ2n) is 9.03. The lowest BCUT2D eigenvalue weighted by molar-refractivity contribution is -0.0427. The lowest BCUT2D eigenvalue weighted by atomic mass is 10.1. The largest absolute Gasteiger partial charge is 0.508 e. The average Bonchev–Trinajstić information content (AvgIpc) is 2.94. The van der Waals surface area contributed by atoms with E-state index in [1.807, 2.05) is 0 Å². The molecule has 0 amide bonds. The summed E-state index contributed by atoms with van der Waals surface area (Å²) in [6, 6.07) is 18.2. The van der Waals surface area contributed by atoms with Gasteiger partial charge in [0.1, 0.15) is 11.5 Å². The van der Waals surface area contributed by atoms with Gasteiger partial charge in [-0.15, -0.1) is 0 Å². The first-order chi connectivity index (χ1) is 19.4. The van der Waals surface area contributed by atoms with Crippen molar-refractivity contribution in [3.8, 4) is 11.5 Å². The first kappa shape index (κ1) is 29.8. The molecular formula is C28H28N2O10S. The molecule has 0 saturated carbocycles. The second-order valence-corrected chi connectivity index (χ2v) is 11.0. The van der Waals surface area contributed by atoms with E-state index in [1.54, 1.807) is 0 Å². The van der Waals surface area contributed by atoms with Gasteiger partial charge in [-0.1, -0.05) is 24.3 Å². The summed E-state index contributed by atoms with van der Waals surface area (Å²) in [6.45, 7) is 0. The zero-order chi connectivity index (χ0) is 29.9. The molecule has 2 unspecified atom stereocenters. The number of phenols is 2. The van der Waals surface area contributed by atoms with Crippen LogP contribution in [0.2, 0.25) is 0 Å². The van der Waals surface area contributed by atoms with Crippen LogP contribution in [0.5, 0.6) is 11.5 Å². The van der Waals surface area contributed by atoms with Crippen molar-refractivity contribution in [2.45, 2.75) is 34.8 Å². The fraction of sp³-hybridized carbons (Fsp3) is 0.143. The van der Waals surface area contributed by atoms with E-state index >= 15 is 0 Å². The Morgan fingerprint density at radius 3 is 1.17 bits per heavy atom. The normalized spacial score (nSPS) is 13.3. The minimum Gasteiger partial charge on any atom is -0.508 e. The molecule has 0 saturated heterocycles. The molecule has 0 bridgehead atoms. The van der Waals surface area contributed by atoms with E-state index in [9.17, 15) is 49.3 Å². The van der Waals surface area contributed by atoms with Crippen molar-refractivity contribution in [3.63, 3.8) is 0 Å². The van der Waals surface area contributed by atoms with E-state index in [1.165, 1.54) is 72.8 Å². The summed E-state index contributed by atoms with van der Waals surface area (Å²) in [4.78, 5) is -0.136. The Bertz CT molecular complexity index is 1490. The molecule has 0 heterocycles. The first-order valence-corrected chi connectivity index (χ1v) is 13.6. The van der Waals surface area contributed by atoms with Crippen LogP contribution < -0.4 is 10.6 Å². The van der Waals surface area contributed by atoms with E-state index < -0.39 is 34.9 Å². The summed E-state index contributed by atoms with van der Waals surface area (Å²) < 4.78 is 26.3. The van der Waals surface area contributed by atoms with Gasteiger partial charge in [-0.25, -0.2) is 8.42 Å². The minimum atomic E-state index is -3.98. The van der Waals surface area contributed by atoms with Gasteiger partial charge >= 0.3 is 0 Å². The lowest BCUT2D eigenvalue weighted by Crippen LogP contribution is -2.13. The molecule has 0 aromatic heterocycles. The summed E-state index contributed by atoms with van der Waals surface area (Å²) in [5, 5.41) is 83.6. The molecule has 13 heteroatoms. The molecule has 10 N–H and O–H groups in total. The van der Waals surface area contributed by atoms with Crippen LogP contribution in [-0.2, 0) is 9.84 Å². The molecule has 216 valence electrons. The number of anilines is 2. The number of aromatic hydroxyl groups is 2. The minimum absolute atomic E-state index is 0.0679. The average molecular weight is 585 g/mol. The van der Waals surface area contributed by atoms with Crippen LogP contribution in [0.25, 0.3) is 0 Å². The van der Waals surface area contributed by atoms with Crippen molar-refractivity contribution in [3.05, 3.63) is 107 Å². The van der Waals surface area contributed by atoms with Crippen LogP contribution in [0.3, 0.4) is 0 Å². The zero-order valence-corrected chi connectivity index (χ0v) is 22.0. The third kappa shape index (κ3) is 6.75. The predicted octanol–water partition coefficient (Wildman–Crippen LogP) is 2.10. The first-order valence-electron chi connectivity index (χ1n) is 12.1. The molecule has 0 aliphatic heterocycles. The van der Waals surface area contributed by atoms with Gasteiger partial charge in [-0.05, 0) is 60.7 Å². The number of hydrogen-bond donors (Lipinski definition) is 10. The Balaban J connectivity index is 1.48. The van der Waals surface area contributed by atoms with Crippen molar-refractivity contribution in [2.75, 3.05) is 10.6 Å². The highest BCUT2D eigenvalue weighted by molar-refractivity contribution is 7.91. The number of sulfone groups is 1. The predicted molar refractivity (Wildman–Crippen MR) is 146 cm³/mol. The van der Waals surface area contributed by atoms with Crippen molar-refractivity contribution in [1.29, 1.82) is 0 Å². The Morgan fingerprint density at radius 1 is 0.512 bits per heavy atom. The maximum Gasteiger partial charge on any atom is 0.206 e. The van der Waals surface area contributed by atoms with Gasteiger partial charge in [0, 0.05) is 33.6 Å². The maximum atomic E-state index is 13.2. The molecule has 0 aliphatic rings. The number of aliphatic hydroxyl groups is 6. The fourth-order valence-electron chi connectivity index (χ4n) is 4.05. The van der Waals surface area contributed by atoms with Gasteiger partial charge in [0.25, 0.3) is 0 Å². The van der Waals surface area contributed by atoms with E-state index in [0.717, 1.165) is 12.1 Å². The van der Waals surface area contributed by atoms with Crippen LogP contribution in [0.1, 0.15) is 47.3 Å². The van der Waals surface area contributed by atoms with Gasteiger partial charge in [-0.3, -0.25) is 0 Å². The monoisotopic (exact) mass is 584 g/mol. The van der Waals surface area contributed by atoms with Gasteiger partial charge < -0.3 is 51.5 Å². The SMILES string of the molecule is O=S(=O)(c1ccc(C(O)Nc2ccc(O)cc2C(O)O)cc1)c1ccc(C(O)Nc2ccc(O)cc2C(O)O)cc1. The van der Waals surface area contributed by atoms with E-state index in [-0.39, 0.29) is 54.9 Å². The fourth-order valence-corrected chi connectivity index (χ4v) is 5.31. The molecule has 0 aliphatic carbocycles. The standard InChI is InChI=1S/C28H28N2O10S/c31-17-5-11-23(21(13-17)27(35)36)29-25(33)15-1-7-19(8-2-15)41(39,40)20-9-3-16(4-10-20)26(34)30-24-12-6-18(32)14-22(24)28(37)38/h1-14,25-38H. The summed E-state index contributed by atoms with van der Waals surface area (Å²) >= 11 is 0. The van der Waals surface area contributed by atoms with Crippen molar-refractivity contribution >= 4 is 21.2 Å². The van der Waals surface area contributed by atoms with Gasteiger partial charge in [-0.2, -0.15) is 0 Å². The van der Waals surface area contributed by atoms with Crippen LogP contribution in [-0.4, -0.2) is 49.3 Å². The number of aliphatic hydroxyl groups excluding tert-OH is 4. The molecule has 41 heavy (non-hydrogen) atoms. The van der Waals surface area contributed by atoms with E-state index in [0.29, 0.717) is 0 Å². The summed E-state index contributed by atoms with van der Waals surface area (Å²) in [7, 11) is -3.98. The van der Waals surface area contributed by atoms with Crippen LogP contribution in [0.4, 0.5) is 11.4 Å². The third-order valence-corrected chi connectivity index (χ3v) is 8.01. The summed E-state index contributed by atoms with van der Waals surface area (Å²) in [5.74, 6) is -0.399. The molecule has 2 atom stereocenters. The molecule has 4 aromatic rings. The van der Waals surface area contributed by atoms with E-state index in [4.69, 9.17) is 0 Å². The molecule has 12 nitrogen and oxygen atoms in total. The number of hydrogen-bond acceptors (Lipinski definition) is 12. The van der Waals surface area contributed by atoms with Crippen LogP contribution in [0, 0.1) is 0 Å². The lowest BCUT2D eigenvalue weighted by Gasteiger charge is -2.19. The van der Waals surface area contributed by atoms with Crippen molar-refractivity contribution in [1.82, 2.24) is 0 Å². The Kier molecular flexibility index (Phi) is 8.80. The Morgan fingerprint density at radius 2 is 0.854 bits per heavy atom. The summed E-state index contributed by atoms with van der Waals surface area (Å²) in [5.41, 5.74) is 0.715. The Hall–Kier alpha value is -4.21. The number of benzene rings is 4. The smallest absolute Gasteiger partial charge is 0.206 e. The highest BCUT2D eigenvalue weighted by atomic mass is 32.2. The molecule has 0 fully saturated rings. The van der Waals surface area contributed by atoms with Crippen LogP contribution >= 0.6 is 0 Å². The zero-order valence-electron chi connectivity index (χ0n) is 21.2. The van der Waals surface area contributed by atoms with Gasteiger partial charge in [0.15, 0.2) is 25.0 Å². The molecule has 0 radical (unpaired) electrons. The topological polar surface area (TPSA) is 220 Å². The molecular weight excluding hydrogens is 556 g/mol. The third-order valence-electron chi connectivity index (χ3n) is 6.22. The molecule has 0 spiro atoms.